The molecule has 0 aliphatic carbocycles. The van der Waals surface area contributed by atoms with E-state index in [0.29, 0.717) is 24.5 Å². The molecule has 1 heterocycles. The summed E-state index contributed by atoms with van der Waals surface area (Å²) >= 11 is 0. The zero-order chi connectivity index (χ0) is 20.1. The second kappa shape index (κ2) is 8.51. The molecule has 1 aliphatic rings. The lowest BCUT2D eigenvalue weighted by atomic mass is 10.1. The van der Waals surface area contributed by atoms with E-state index in [9.17, 15) is 18.0 Å². The first-order valence-corrected chi connectivity index (χ1v) is 10.2. The van der Waals surface area contributed by atoms with Gasteiger partial charge in [0, 0.05) is 25.7 Å². The number of para-hydroxylation sites is 1. The summed E-state index contributed by atoms with van der Waals surface area (Å²) in [4.78, 5) is 24.7. The first-order valence-electron chi connectivity index (χ1n) is 8.74. The average molecular weight is 403 g/mol. The fourth-order valence-corrected chi connectivity index (χ4v) is 4.31. The van der Waals surface area contributed by atoms with Crippen molar-refractivity contribution in [2.45, 2.75) is 4.90 Å². The molecule has 1 aliphatic heterocycles. The van der Waals surface area contributed by atoms with Gasteiger partial charge in [0.2, 0.25) is 10.0 Å². The zero-order valence-electron chi connectivity index (χ0n) is 15.3. The van der Waals surface area contributed by atoms with Crippen LogP contribution in [0.25, 0.3) is 0 Å². The molecule has 0 spiro atoms. The van der Waals surface area contributed by atoms with Crippen LogP contribution in [-0.4, -0.2) is 57.9 Å². The Balaban J connectivity index is 1.85. The van der Waals surface area contributed by atoms with E-state index in [0.717, 1.165) is 0 Å². The molecule has 1 fully saturated rings. The lowest BCUT2D eigenvalue weighted by Crippen LogP contribution is -2.40. The van der Waals surface area contributed by atoms with Crippen molar-refractivity contribution >= 4 is 27.5 Å². The second-order valence-electron chi connectivity index (χ2n) is 6.12. The Labute approximate surface area is 163 Å². The van der Waals surface area contributed by atoms with Gasteiger partial charge < -0.3 is 15.4 Å². The topological polar surface area (TPSA) is 105 Å². The molecule has 28 heavy (non-hydrogen) atoms. The fourth-order valence-electron chi connectivity index (χ4n) is 2.85. The van der Waals surface area contributed by atoms with Crippen LogP contribution in [0, 0.1) is 0 Å². The molecule has 2 aromatic rings. The molecule has 0 unspecified atom stereocenters. The van der Waals surface area contributed by atoms with Crippen molar-refractivity contribution in [1.82, 2.24) is 9.62 Å². The van der Waals surface area contributed by atoms with Gasteiger partial charge in [0.15, 0.2) is 0 Å². The predicted octanol–water partition coefficient (Wildman–Crippen LogP) is 1.32. The summed E-state index contributed by atoms with van der Waals surface area (Å²) in [5, 5.41) is 5.19. The third-order valence-corrected chi connectivity index (χ3v) is 6.25. The third kappa shape index (κ3) is 4.22. The maximum Gasteiger partial charge on any atom is 0.255 e. The van der Waals surface area contributed by atoms with Gasteiger partial charge in [-0.1, -0.05) is 18.2 Å². The van der Waals surface area contributed by atoms with E-state index in [2.05, 4.69) is 10.6 Å². The normalized spacial score (nSPS) is 15.0. The Morgan fingerprint density at radius 2 is 1.71 bits per heavy atom. The van der Waals surface area contributed by atoms with Crippen molar-refractivity contribution in [1.29, 1.82) is 0 Å². The number of hydrogen-bond acceptors (Lipinski definition) is 5. The van der Waals surface area contributed by atoms with Crippen molar-refractivity contribution in [2.75, 3.05) is 38.7 Å². The first-order chi connectivity index (χ1) is 13.4. The molecule has 2 amide bonds. The Hall–Kier alpha value is -2.75. The number of sulfonamides is 1. The van der Waals surface area contributed by atoms with Gasteiger partial charge >= 0.3 is 0 Å². The number of nitrogens with one attached hydrogen (secondary N) is 2. The van der Waals surface area contributed by atoms with Crippen LogP contribution in [0.2, 0.25) is 0 Å². The summed E-state index contributed by atoms with van der Waals surface area (Å²) in [5.74, 6) is -0.838. The molecular weight excluding hydrogens is 382 g/mol. The SMILES string of the molecule is CNC(=O)c1ccccc1NC(=O)c1cccc(S(=O)(=O)N2CCOCC2)c1. The summed E-state index contributed by atoms with van der Waals surface area (Å²) < 4.78 is 32.1. The van der Waals surface area contributed by atoms with Crippen molar-refractivity contribution in [2.24, 2.45) is 0 Å². The highest BCUT2D eigenvalue weighted by atomic mass is 32.2. The van der Waals surface area contributed by atoms with Crippen LogP contribution in [0.1, 0.15) is 20.7 Å². The highest BCUT2D eigenvalue weighted by Gasteiger charge is 2.27. The van der Waals surface area contributed by atoms with Crippen LogP contribution in [0.15, 0.2) is 53.4 Å². The van der Waals surface area contributed by atoms with Crippen molar-refractivity contribution in [3.8, 4) is 0 Å². The van der Waals surface area contributed by atoms with Gasteiger partial charge in [-0.2, -0.15) is 4.31 Å². The standard InChI is InChI=1S/C19H21N3O5S/c1-20-19(24)16-7-2-3-8-17(16)21-18(23)14-5-4-6-15(13-14)28(25,26)22-9-11-27-12-10-22/h2-8,13H,9-12H2,1H3,(H,20,24)(H,21,23). The van der Waals surface area contributed by atoms with E-state index in [-0.39, 0.29) is 29.5 Å². The van der Waals surface area contributed by atoms with Gasteiger partial charge in [0.05, 0.1) is 29.4 Å². The molecular formula is C19H21N3O5S. The summed E-state index contributed by atoms with van der Waals surface area (Å²) in [7, 11) is -2.21. The maximum atomic E-state index is 12.8. The zero-order valence-corrected chi connectivity index (χ0v) is 16.2. The van der Waals surface area contributed by atoms with Gasteiger partial charge in [-0.3, -0.25) is 9.59 Å². The molecule has 2 aromatic carbocycles. The van der Waals surface area contributed by atoms with Gasteiger partial charge in [-0.25, -0.2) is 8.42 Å². The molecule has 0 saturated carbocycles. The molecule has 2 N–H and O–H groups in total. The van der Waals surface area contributed by atoms with Crippen LogP contribution in [-0.2, 0) is 14.8 Å². The molecule has 148 valence electrons. The lowest BCUT2D eigenvalue weighted by molar-refractivity contribution is 0.0730. The minimum Gasteiger partial charge on any atom is -0.379 e. The van der Waals surface area contributed by atoms with E-state index in [1.807, 2.05) is 0 Å². The molecule has 0 bridgehead atoms. The number of ether oxygens (including phenoxy) is 1. The smallest absolute Gasteiger partial charge is 0.255 e. The number of benzene rings is 2. The third-order valence-electron chi connectivity index (χ3n) is 4.35. The minimum absolute atomic E-state index is 0.0432. The minimum atomic E-state index is -3.71. The molecule has 1 saturated heterocycles. The number of nitrogens with zero attached hydrogens (tertiary/aromatic N) is 1. The van der Waals surface area contributed by atoms with Crippen LogP contribution >= 0.6 is 0 Å². The summed E-state index contributed by atoms with van der Waals surface area (Å²) in [5.41, 5.74) is 0.838. The number of carbonyl (C=O) groups excluding carboxylic acids is 2. The Kier molecular flexibility index (Phi) is 6.08. The van der Waals surface area contributed by atoms with Gasteiger partial charge in [0.25, 0.3) is 11.8 Å². The fraction of sp³-hybridized carbons (Fsp3) is 0.263. The lowest BCUT2D eigenvalue weighted by Gasteiger charge is -2.26. The molecule has 8 nitrogen and oxygen atoms in total. The van der Waals surface area contributed by atoms with Crippen molar-refractivity contribution in [3.05, 3.63) is 59.7 Å². The quantitative estimate of drug-likeness (QED) is 0.783. The van der Waals surface area contributed by atoms with E-state index in [1.54, 1.807) is 24.3 Å². The Morgan fingerprint density at radius 3 is 2.43 bits per heavy atom. The van der Waals surface area contributed by atoms with Crippen LogP contribution < -0.4 is 10.6 Å². The van der Waals surface area contributed by atoms with Crippen molar-refractivity contribution < 1.29 is 22.7 Å². The van der Waals surface area contributed by atoms with Crippen LogP contribution in [0.5, 0.6) is 0 Å². The maximum absolute atomic E-state index is 12.8. The number of carbonyl (C=O) groups is 2. The van der Waals surface area contributed by atoms with Crippen molar-refractivity contribution in [3.63, 3.8) is 0 Å². The number of rotatable bonds is 5. The highest BCUT2D eigenvalue weighted by molar-refractivity contribution is 7.89. The highest BCUT2D eigenvalue weighted by Crippen LogP contribution is 2.20. The predicted molar refractivity (Wildman–Crippen MR) is 104 cm³/mol. The van der Waals surface area contributed by atoms with E-state index >= 15 is 0 Å². The molecule has 3 rings (SSSR count). The number of hydrogen-bond donors (Lipinski definition) is 2. The molecule has 0 atom stereocenters. The average Bonchev–Trinajstić information content (AvgIpc) is 2.74. The summed E-state index contributed by atoms with van der Waals surface area (Å²) in [6, 6.07) is 12.4. The second-order valence-corrected chi connectivity index (χ2v) is 8.06. The Morgan fingerprint density at radius 1 is 1.00 bits per heavy atom. The monoisotopic (exact) mass is 403 g/mol. The van der Waals surface area contributed by atoms with Gasteiger partial charge in [-0.15, -0.1) is 0 Å². The number of morpholine rings is 1. The molecule has 0 aromatic heterocycles. The summed E-state index contributed by atoms with van der Waals surface area (Å²) in [6.45, 7) is 1.24. The van der Waals surface area contributed by atoms with E-state index < -0.39 is 15.9 Å². The van der Waals surface area contributed by atoms with Gasteiger partial charge in [-0.05, 0) is 30.3 Å². The van der Waals surface area contributed by atoms with Crippen LogP contribution in [0.4, 0.5) is 5.69 Å². The Bertz CT molecular complexity index is 985. The summed E-state index contributed by atoms with van der Waals surface area (Å²) in [6.07, 6.45) is 0. The first kappa shape index (κ1) is 20.0. The molecule has 9 heteroatoms. The van der Waals surface area contributed by atoms with Gasteiger partial charge in [0.1, 0.15) is 0 Å². The number of amides is 2. The van der Waals surface area contributed by atoms with E-state index in [1.165, 1.54) is 35.6 Å². The van der Waals surface area contributed by atoms with E-state index in [4.69, 9.17) is 4.74 Å². The van der Waals surface area contributed by atoms with Crippen LogP contribution in [0.3, 0.4) is 0 Å². The number of anilines is 1. The molecule has 0 radical (unpaired) electrons. The largest absolute Gasteiger partial charge is 0.379 e.